The van der Waals surface area contributed by atoms with Crippen LogP contribution in [0.15, 0.2) is 218 Å². The molecule has 54 heavy (non-hydrogen) atoms. The largest absolute Gasteiger partial charge is 0.310 e. The summed E-state index contributed by atoms with van der Waals surface area (Å²) in [7, 11) is 0. The van der Waals surface area contributed by atoms with Crippen LogP contribution in [0.4, 0.5) is 17.1 Å². The third kappa shape index (κ3) is 5.53. The van der Waals surface area contributed by atoms with Crippen LogP contribution in [0.3, 0.4) is 0 Å². The summed E-state index contributed by atoms with van der Waals surface area (Å²) >= 11 is 0. The number of hydrogen-bond acceptors (Lipinski definition) is 1. The Balaban J connectivity index is 1.24. The molecular formula is C52H36N2. The first-order valence-corrected chi connectivity index (χ1v) is 18.5. The summed E-state index contributed by atoms with van der Waals surface area (Å²) in [5, 5.41) is 4.93. The van der Waals surface area contributed by atoms with Crippen LogP contribution in [0.5, 0.6) is 0 Å². The van der Waals surface area contributed by atoms with Gasteiger partial charge in [0.1, 0.15) is 0 Å². The van der Waals surface area contributed by atoms with E-state index in [-0.39, 0.29) is 0 Å². The van der Waals surface area contributed by atoms with Gasteiger partial charge < -0.3 is 9.47 Å². The van der Waals surface area contributed by atoms with Crippen molar-refractivity contribution in [2.24, 2.45) is 0 Å². The summed E-state index contributed by atoms with van der Waals surface area (Å²) in [6.07, 6.45) is 0. The Morgan fingerprint density at radius 1 is 0.315 bits per heavy atom. The van der Waals surface area contributed by atoms with E-state index in [2.05, 4.69) is 228 Å². The molecule has 0 saturated carbocycles. The second kappa shape index (κ2) is 13.4. The first-order chi connectivity index (χ1) is 26.8. The molecule has 0 radical (unpaired) electrons. The van der Waals surface area contributed by atoms with E-state index in [1.54, 1.807) is 0 Å². The van der Waals surface area contributed by atoms with Gasteiger partial charge in [0.05, 0.1) is 22.4 Å². The highest BCUT2D eigenvalue weighted by atomic mass is 15.1. The molecule has 0 saturated heterocycles. The van der Waals surface area contributed by atoms with Crippen molar-refractivity contribution in [3.63, 3.8) is 0 Å². The Morgan fingerprint density at radius 3 is 1.70 bits per heavy atom. The molecule has 1 aromatic heterocycles. The number of rotatable bonds is 7. The highest BCUT2D eigenvalue weighted by Crippen LogP contribution is 2.45. The third-order valence-corrected chi connectivity index (χ3v) is 10.6. The van der Waals surface area contributed by atoms with E-state index in [4.69, 9.17) is 0 Å². The quantitative estimate of drug-likeness (QED) is 0.162. The summed E-state index contributed by atoms with van der Waals surface area (Å²) < 4.78 is 2.45. The summed E-state index contributed by atoms with van der Waals surface area (Å²) in [5.41, 5.74) is 13.9. The van der Waals surface area contributed by atoms with Crippen molar-refractivity contribution in [3.05, 3.63) is 218 Å². The van der Waals surface area contributed by atoms with Gasteiger partial charge in [-0.25, -0.2) is 0 Å². The molecule has 10 aromatic rings. The number of fused-ring (bicyclic) bond motifs is 4. The zero-order chi connectivity index (χ0) is 35.8. The minimum absolute atomic E-state index is 1.09. The van der Waals surface area contributed by atoms with Crippen LogP contribution in [-0.4, -0.2) is 4.57 Å². The second-order valence-corrected chi connectivity index (χ2v) is 13.8. The Morgan fingerprint density at radius 2 is 0.907 bits per heavy atom. The van der Waals surface area contributed by atoms with E-state index in [1.165, 1.54) is 60.4 Å². The molecule has 2 nitrogen and oxygen atoms in total. The molecule has 0 unspecified atom stereocenters. The minimum atomic E-state index is 1.09. The van der Waals surface area contributed by atoms with Crippen LogP contribution < -0.4 is 4.90 Å². The Kier molecular flexibility index (Phi) is 7.85. The fourth-order valence-electron chi connectivity index (χ4n) is 8.02. The zero-order valence-electron chi connectivity index (χ0n) is 29.7. The fraction of sp³-hybridized carbons (Fsp3) is 0. The lowest BCUT2D eigenvalue weighted by molar-refractivity contribution is 1.18. The van der Waals surface area contributed by atoms with E-state index < -0.39 is 0 Å². The number of benzene rings is 9. The molecule has 10 rings (SSSR count). The lowest BCUT2D eigenvalue weighted by atomic mass is 9.95. The van der Waals surface area contributed by atoms with Crippen LogP contribution in [0, 0.1) is 0 Å². The van der Waals surface area contributed by atoms with Crippen molar-refractivity contribution < 1.29 is 0 Å². The topological polar surface area (TPSA) is 8.17 Å². The van der Waals surface area contributed by atoms with Crippen molar-refractivity contribution in [1.82, 2.24) is 4.57 Å². The van der Waals surface area contributed by atoms with Gasteiger partial charge in [0, 0.05) is 33.3 Å². The molecule has 0 aliphatic heterocycles. The maximum Gasteiger partial charge on any atom is 0.0562 e. The molecule has 0 fully saturated rings. The molecule has 2 heteroatoms. The van der Waals surface area contributed by atoms with Gasteiger partial charge in [0.15, 0.2) is 0 Å². The highest BCUT2D eigenvalue weighted by molar-refractivity contribution is 6.11. The van der Waals surface area contributed by atoms with Crippen molar-refractivity contribution in [1.29, 1.82) is 0 Å². The summed E-state index contributed by atoms with van der Waals surface area (Å²) in [6.45, 7) is 0. The maximum absolute atomic E-state index is 2.45. The van der Waals surface area contributed by atoms with Gasteiger partial charge >= 0.3 is 0 Å². The average Bonchev–Trinajstić information content (AvgIpc) is 3.58. The number of nitrogens with zero attached hydrogens (tertiary/aromatic N) is 2. The van der Waals surface area contributed by atoms with Gasteiger partial charge in [-0.15, -0.1) is 0 Å². The Labute approximate surface area is 315 Å². The molecule has 254 valence electrons. The predicted molar refractivity (Wildman–Crippen MR) is 229 cm³/mol. The monoisotopic (exact) mass is 688 g/mol. The van der Waals surface area contributed by atoms with Crippen LogP contribution in [0.2, 0.25) is 0 Å². The van der Waals surface area contributed by atoms with Crippen LogP contribution in [0.25, 0.3) is 71.6 Å². The normalized spacial score (nSPS) is 11.3. The standard InChI is InChI=1S/C52H36N2/c1-4-17-38(18-5-1)45-24-12-14-26-49(45)54-50-27-15-13-25-47(50)48-33-31-44(36-52(48)54)53(43-22-8-3-9-23-43)51-35-42(30-32-46(51)39-19-6-2-7-20-39)41-29-28-37-16-10-11-21-40(37)34-41/h1-36H. The molecule has 0 spiro atoms. The molecule has 1 heterocycles. The smallest absolute Gasteiger partial charge is 0.0562 e. The first kappa shape index (κ1) is 31.6. The van der Waals surface area contributed by atoms with Crippen molar-refractivity contribution in [2.75, 3.05) is 4.90 Å². The Bertz CT molecular complexity index is 2930. The van der Waals surface area contributed by atoms with Gasteiger partial charge in [-0.1, -0.05) is 170 Å². The van der Waals surface area contributed by atoms with Gasteiger partial charge in [-0.05, 0) is 81.6 Å². The van der Waals surface area contributed by atoms with E-state index in [0.29, 0.717) is 0 Å². The van der Waals surface area contributed by atoms with Crippen LogP contribution in [-0.2, 0) is 0 Å². The number of para-hydroxylation sites is 3. The molecule has 0 aliphatic carbocycles. The summed E-state index contributed by atoms with van der Waals surface area (Å²) in [5.74, 6) is 0. The van der Waals surface area contributed by atoms with Crippen molar-refractivity contribution >= 4 is 49.6 Å². The molecule has 0 amide bonds. The molecule has 0 atom stereocenters. The number of anilines is 3. The molecule has 9 aromatic carbocycles. The van der Waals surface area contributed by atoms with Gasteiger partial charge in [0.2, 0.25) is 0 Å². The van der Waals surface area contributed by atoms with E-state index >= 15 is 0 Å². The Hall–Kier alpha value is -7.16. The minimum Gasteiger partial charge on any atom is -0.310 e. The van der Waals surface area contributed by atoms with Crippen LogP contribution >= 0.6 is 0 Å². The van der Waals surface area contributed by atoms with Gasteiger partial charge in [-0.3, -0.25) is 0 Å². The molecule has 0 N–H and O–H groups in total. The van der Waals surface area contributed by atoms with Crippen molar-refractivity contribution in [3.8, 4) is 39.1 Å². The number of hydrogen-bond donors (Lipinski definition) is 0. The number of aromatic nitrogens is 1. The van der Waals surface area contributed by atoms with Gasteiger partial charge in [-0.2, -0.15) is 0 Å². The van der Waals surface area contributed by atoms with Crippen LogP contribution in [0.1, 0.15) is 0 Å². The molecule has 0 aliphatic rings. The highest BCUT2D eigenvalue weighted by Gasteiger charge is 2.21. The molecule has 0 bridgehead atoms. The summed E-state index contributed by atoms with van der Waals surface area (Å²) in [6, 6.07) is 79.0. The molecular weight excluding hydrogens is 653 g/mol. The second-order valence-electron chi connectivity index (χ2n) is 13.8. The predicted octanol–water partition coefficient (Wildman–Crippen LogP) is 14.4. The lowest BCUT2D eigenvalue weighted by Gasteiger charge is -2.29. The SMILES string of the molecule is c1ccc(-c2ccc(-c3ccc4ccccc4c3)cc2N(c2ccccc2)c2ccc3c4ccccc4n(-c4ccccc4-c4ccccc4)c3c2)cc1. The van der Waals surface area contributed by atoms with E-state index in [0.717, 1.165) is 28.3 Å². The van der Waals surface area contributed by atoms with Gasteiger partial charge in [0.25, 0.3) is 0 Å². The first-order valence-electron chi connectivity index (χ1n) is 18.5. The van der Waals surface area contributed by atoms with E-state index in [9.17, 15) is 0 Å². The summed E-state index contributed by atoms with van der Waals surface area (Å²) in [4.78, 5) is 2.43. The van der Waals surface area contributed by atoms with Crippen molar-refractivity contribution in [2.45, 2.75) is 0 Å². The van der Waals surface area contributed by atoms with E-state index in [1.807, 2.05) is 0 Å². The lowest BCUT2D eigenvalue weighted by Crippen LogP contribution is -2.11. The maximum atomic E-state index is 2.45. The third-order valence-electron chi connectivity index (χ3n) is 10.6. The zero-order valence-corrected chi connectivity index (χ0v) is 29.7. The average molecular weight is 689 g/mol. The fourth-order valence-corrected chi connectivity index (χ4v) is 8.02.